The van der Waals surface area contributed by atoms with Gasteiger partial charge in [-0.25, -0.2) is 4.39 Å². The van der Waals surface area contributed by atoms with Crippen LogP contribution >= 0.6 is 0 Å². The van der Waals surface area contributed by atoms with Crippen molar-refractivity contribution >= 4 is 0 Å². The molecule has 2 aromatic rings. The standard InChI is InChI=1S/C11H11FN2O3/c1-7-13-11(14-17-7)6-16-10-3-8(5-15)2-9(12)4-10/h2-4,15H,5-6H2,1H3. The van der Waals surface area contributed by atoms with Crippen LogP contribution in [0.5, 0.6) is 5.75 Å². The third kappa shape index (κ3) is 3.01. The monoisotopic (exact) mass is 238 g/mol. The number of aryl methyl sites for hydroxylation is 1. The minimum Gasteiger partial charge on any atom is -0.485 e. The minimum atomic E-state index is -0.462. The first kappa shape index (κ1) is 11.5. The maximum absolute atomic E-state index is 13.1. The van der Waals surface area contributed by atoms with Gasteiger partial charge < -0.3 is 14.4 Å². The van der Waals surface area contributed by atoms with Crippen LogP contribution in [0.25, 0.3) is 0 Å². The smallest absolute Gasteiger partial charge is 0.223 e. The lowest BCUT2D eigenvalue weighted by atomic mass is 10.2. The molecule has 0 aliphatic heterocycles. The summed E-state index contributed by atoms with van der Waals surface area (Å²) in [5, 5.41) is 12.6. The van der Waals surface area contributed by atoms with Gasteiger partial charge in [-0.2, -0.15) is 4.98 Å². The summed E-state index contributed by atoms with van der Waals surface area (Å²) in [6, 6.07) is 4.02. The predicted octanol–water partition coefficient (Wildman–Crippen LogP) is 1.59. The van der Waals surface area contributed by atoms with Gasteiger partial charge in [0.2, 0.25) is 11.7 Å². The molecule has 0 atom stereocenters. The molecular weight excluding hydrogens is 227 g/mol. The third-order valence-electron chi connectivity index (χ3n) is 2.05. The Kier molecular flexibility index (Phi) is 3.34. The maximum atomic E-state index is 13.1. The summed E-state index contributed by atoms with van der Waals surface area (Å²) in [6.07, 6.45) is 0. The summed E-state index contributed by atoms with van der Waals surface area (Å²) in [5.41, 5.74) is 0.448. The molecule has 1 aromatic carbocycles. The van der Waals surface area contributed by atoms with E-state index >= 15 is 0 Å². The Morgan fingerprint density at radius 2 is 2.24 bits per heavy atom. The fraction of sp³-hybridized carbons (Fsp3) is 0.273. The van der Waals surface area contributed by atoms with E-state index in [4.69, 9.17) is 14.4 Å². The summed E-state index contributed by atoms with van der Waals surface area (Å²) in [5.74, 6) is 0.684. The summed E-state index contributed by atoms with van der Waals surface area (Å²) >= 11 is 0. The zero-order valence-corrected chi connectivity index (χ0v) is 9.18. The fourth-order valence-electron chi connectivity index (χ4n) is 1.34. The fourth-order valence-corrected chi connectivity index (χ4v) is 1.34. The Morgan fingerprint density at radius 3 is 2.88 bits per heavy atom. The molecule has 2 rings (SSSR count). The highest BCUT2D eigenvalue weighted by atomic mass is 19.1. The van der Waals surface area contributed by atoms with Crippen molar-refractivity contribution in [1.82, 2.24) is 10.1 Å². The van der Waals surface area contributed by atoms with Gasteiger partial charge in [0.25, 0.3) is 0 Å². The molecule has 0 spiro atoms. The van der Waals surface area contributed by atoms with E-state index in [1.165, 1.54) is 12.1 Å². The van der Waals surface area contributed by atoms with Gasteiger partial charge in [0.15, 0.2) is 6.61 Å². The summed E-state index contributed by atoms with van der Waals surface area (Å²) in [7, 11) is 0. The first-order valence-corrected chi connectivity index (χ1v) is 4.99. The average Bonchev–Trinajstić information content (AvgIpc) is 2.72. The molecule has 17 heavy (non-hydrogen) atoms. The topological polar surface area (TPSA) is 68.4 Å². The summed E-state index contributed by atoms with van der Waals surface area (Å²) in [4.78, 5) is 3.94. The van der Waals surface area contributed by atoms with Crippen molar-refractivity contribution in [3.05, 3.63) is 41.3 Å². The molecule has 0 bridgehead atoms. The molecule has 1 aromatic heterocycles. The van der Waals surface area contributed by atoms with Gasteiger partial charge >= 0.3 is 0 Å². The van der Waals surface area contributed by atoms with E-state index in [2.05, 4.69) is 10.1 Å². The second-order valence-electron chi connectivity index (χ2n) is 3.47. The van der Waals surface area contributed by atoms with Crippen molar-refractivity contribution < 1.29 is 18.8 Å². The van der Waals surface area contributed by atoms with E-state index < -0.39 is 5.82 Å². The van der Waals surface area contributed by atoms with Gasteiger partial charge in [-0.1, -0.05) is 5.16 Å². The molecule has 90 valence electrons. The number of aromatic nitrogens is 2. The highest BCUT2D eigenvalue weighted by molar-refractivity contribution is 5.29. The van der Waals surface area contributed by atoms with E-state index in [1.807, 2.05) is 0 Å². The van der Waals surface area contributed by atoms with Crippen LogP contribution in [0.1, 0.15) is 17.3 Å². The zero-order chi connectivity index (χ0) is 12.3. The Hall–Kier alpha value is -1.95. The Balaban J connectivity index is 2.05. The Labute approximate surface area is 96.8 Å². The lowest BCUT2D eigenvalue weighted by molar-refractivity contribution is 0.272. The Morgan fingerprint density at radius 1 is 1.41 bits per heavy atom. The van der Waals surface area contributed by atoms with Crippen LogP contribution in [0.2, 0.25) is 0 Å². The zero-order valence-electron chi connectivity index (χ0n) is 9.18. The van der Waals surface area contributed by atoms with Crippen molar-refractivity contribution in [1.29, 1.82) is 0 Å². The highest BCUT2D eigenvalue weighted by Gasteiger charge is 2.05. The number of rotatable bonds is 4. The van der Waals surface area contributed by atoms with Gasteiger partial charge in [-0.3, -0.25) is 0 Å². The van der Waals surface area contributed by atoms with E-state index in [0.29, 0.717) is 23.0 Å². The molecule has 0 radical (unpaired) electrons. The van der Waals surface area contributed by atoms with Crippen molar-refractivity contribution in [2.75, 3.05) is 0 Å². The molecule has 0 fully saturated rings. The van der Waals surface area contributed by atoms with Gasteiger partial charge in [0.05, 0.1) is 6.61 Å². The van der Waals surface area contributed by atoms with Gasteiger partial charge in [-0.15, -0.1) is 0 Å². The summed E-state index contributed by atoms with van der Waals surface area (Å²) < 4.78 is 23.2. The highest BCUT2D eigenvalue weighted by Crippen LogP contribution is 2.17. The predicted molar refractivity (Wildman–Crippen MR) is 55.7 cm³/mol. The third-order valence-corrected chi connectivity index (χ3v) is 2.05. The van der Waals surface area contributed by atoms with Gasteiger partial charge in [-0.05, 0) is 17.7 Å². The number of hydrogen-bond acceptors (Lipinski definition) is 5. The van der Waals surface area contributed by atoms with Crippen LogP contribution in [-0.2, 0) is 13.2 Å². The van der Waals surface area contributed by atoms with Crippen LogP contribution in [0.4, 0.5) is 4.39 Å². The maximum Gasteiger partial charge on any atom is 0.223 e. The normalized spacial score (nSPS) is 10.5. The number of halogens is 1. The molecule has 6 heteroatoms. The molecule has 0 aliphatic carbocycles. The average molecular weight is 238 g/mol. The van der Waals surface area contributed by atoms with E-state index in [0.717, 1.165) is 0 Å². The molecule has 1 N–H and O–H groups in total. The van der Waals surface area contributed by atoms with Crippen LogP contribution in [-0.4, -0.2) is 15.2 Å². The number of nitrogens with zero attached hydrogens (tertiary/aromatic N) is 2. The Bertz CT molecular complexity index is 513. The lowest BCUT2D eigenvalue weighted by Crippen LogP contribution is -1.99. The van der Waals surface area contributed by atoms with E-state index in [1.54, 1.807) is 13.0 Å². The first-order valence-electron chi connectivity index (χ1n) is 4.99. The molecule has 0 saturated carbocycles. The number of hydrogen-bond donors (Lipinski definition) is 1. The lowest BCUT2D eigenvalue weighted by Gasteiger charge is -2.05. The molecule has 0 amide bonds. The molecule has 0 saturated heterocycles. The van der Waals surface area contributed by atoms with Gasteiger partial charge in [0.1, 0.15) is 11.6 Å². The van der Waals surface area contributed by atoms with E-state index in [-0.39, 0.29) is 13.2 Å². The second kappa shape index (κ2) is 4.92. The van der Waals surface area contributed by atoms with Crippen molar-refractivity contribution in [3.63, 3.8) is 0 Å². The van der Waals surface area contributed by atoms with Crippen LogP contribution in [0, 0.1) is 12.7 Å². The number of aliphatic hydroxyl groups is 1. The number of aliphatic hydroxyl groups excluding tert-OH is 1. The SMILES string of the molecule is Cc1nc(COc2cc(F)cc(CO)c2)no1. The van der Waals surface area contributed by atoms with Crippen molar-refractivity contribution in [2.45, 2.75) is 20.1 Å². The van der Waals surface area contributed by atoms with Crippen LogP contribution < -0.4 is 4.74 Å². The van der Waals surface area contributed by atoms with E-state index in [9.17, 15) is 4.39 Å². The second-order valence-corrected chi connectivity index (χ2v) is 3.47. The molecular formula is C11H11FN2O3. The van der Waals surface area contributed by atoms with Crippen LogP contribution in [0.15, 0.2) is 22.7 Å². The molecule has 1 heterocycles. The largest absolute Gasteiger partial charge is 0.485 e. The number of benzene rings is 1. The molecule has 0 unspecified atom stereocenters. The number of ether oxygens (including phenoxy) is 1. The quantitative estimate of drug-likeness (QED) is 0.875. The van der Waals surface area contributed by atoms with Crippen molar-refractivity contribution in [2.24, 2.45) is 0 Å². The first-order chi connectivity index (χ1) is 8.17. The van der Waals surface area contributed by atoms with Gasteiger partial charge in [0, 0.05) is 13.0 Å². The molecule has 0 aliphatic rings. The van der Waals surface area contributed by atoms with Crippen LogP contribution in [0.3, 0.4) is 0 Å². The molecule has 5 nitrogen and oxygen atoms in total. The van der Waals surface area contributed by atoms with Crippen molar-refractivity contribution in [3.8, 4) is 5.75 Å². The minimum absolute atomic E-state index is 0.0890. The summed E-state index contributed by atoms with van der Waals surface area (Å²) in [6.45, 7) is 1.52.